The summed E-state index contributed by atoms with van der Waals surface area (Å²) >= 11 is 17.0. The highest BCUT2D eigenvalue weighted by Gasteiger charge is 2.18. The maximum atomic E-state index is 13.8. The van der Waals surface area contributed by atoms with Crippen LogP contribution in [0, 0.1) is 5.82 Å². The number of nitrogens with one attached hydrogen (secondary N) is 1. The van der Waals surface area contributed by atoms with E-state index in [1.807, 2.05) is 13.1 Å². The summed E-state index contributed by atoms with van der Waals surface area (Å²) in [5, 5.41) is 4.28. The van der Waals surface area contributed by atoms with Gasteiger partial charge in [0.2, 0.25) is 0 Å². The molecule has 0 spiro atoms. The Hall–Kier alpha value is -0.130. The monoisotopic (exact) mass is 381 g/mol. The summed E-state index contributed by atoms with van der Waals surface area (Å²) < 4.78 is 14.7. The summed E-state index contributed by atoms with van der Waals surface area (Å²) in [6, 6.07) is 6.58. The van der Waals surface area contributed by atoms with E-state index in [2.05, 4.69) is 21.2 Å². The van der Waals surface area contributed by atoms with E-state index in [1.54, 1.807) is 12.1 Å². The van der Waals surface area contributed by atoms with Crippen LogP contribution in [-0.2, 0) is 6.42 Å². The minimum absolute atomic E-state index is 0.0248. The molecule has 0 saturated heterocycles. The SMILES string of the molecule is CNC(Cc1c(F)cccc1Cl)c1cc(Cl)c(Br)s1. The molecule has 1 heterocycles. The first-order chi connectivity index (χ1) is 9.02. The Labute approximate surface area is 133 Å². The van der Waals surface area contributed by atoms with E-state index in [9.17, 15) is 4.39 Å². The average Bonchev–Trinajstić information content (AvgIpc) is 2.69. The molecular formula is C13H11BrCl2FNS. The third-order valence-electron chi connectivity index (χ3n) is 2.83. The van der Waals surface area contributed by atoms with Crippen LogP contribution >= 0.6 is 50.5 Å². The van der Waals surface area contributed by atoms with Gasteiger partial charge in [0.15, 0.2) is 0 Å². The van der Waals surface area contributed by atoms with Crippen LogP contribution in [0.15, 0.2) is 28.1 Å². The van der Waals surface area contributed by atoms with Crippen molar-refractivity contribution in [1.82, 2.24) is 5.32 Å². The number of likely N-dealkylation sites (N-methyl/N-ethyl adjacent to an activating group) is 1. The standard InChI is InChI=1S/C13H11BrCl2FNS/c1-18-11(12-6-9(16)13(14)19-12)5-7-8(15)3-2-4-10(7)17/h2-4,6,11,18H,5H2,1H3. The Balaban J connectivity index is 2.29. The Morgan fingerprint density at radius 2 is 2.11 bits per heavy atom. The van der Waals surface area contributed by atoms with Crippen LogP contribution in [0.3, 0.4) is 0 Å². The van der Waals surface area contributed by atoms with Gasteiger partial charge in [-0.15, -0.1) is 11.3 Å². The molecule has 0 aliphatic rings. The molecule has 1 N–H and O–H groups in total. The molecule has 1 aromatic heterocycles. The van der Waals surface area contributed by atoms with E-state index >= 15 is 0 Å². The largest absolute Gasteiger partial charge is 0.312 e. The van der Waals surface area contributed by atoms with E-state index in [4.69, 9.17) is 23.2 Å². The fraction of sp³-hybridized carbons (Fsp3) is 0.231. The van der Waals surface area contributed by atoms with Crippen LogP contribution in [0.5, 0.6) is 0 Å². The Bertz CT molecular complexity index is 548. The van der Waals surface area contributed by atoms with Gasteiger partial charge in [-0.25, -0.2) is 4.39 Å². The topological polar surface area (TPSA) is 12.0 Å². The van der Waals surface area contributed by atoms with E-state index in [1.165, 1.54) is 17.4 Å². The lowest BCUT2D eigenvalue weighted by atomic mass is 10.0. The van der Waals surface area contributed by atoms with Gasteiger partial charge in [0.1, 0.15) is 5.82 Å². The summed E-state index contributed by atoms with van der Waals surface area (Å²) in [6.45, 7) is 0. The zero-order valence-electron chi connectivity index (χ0n) is 10.0. The number of benzene rings is 1. The molecular weight excluding hydrogens is 372 g/mol. The van der Waals surface area contributed by atoms with E-state index < -0.39 is 0 Å². The molecule has 0 aliphatic carbocycles. The highest BCUT2D eigenvalue weighted by molar-refractivity contribution is 9.11. The number of thiophene rings is 1. The Kier molecular flexibility index (Phi) is 5.26. The molecule has 0 amide bonds. The first kappa shape index (κ1) is 15.3. The molecule has 2 aromatic rings. The van der Waals surface area contributed by atoms with Gasteiger partial charge in [-0.05, 0) is 47.6 Å². The molecule has 0 aliphatic heterocycles. The van der Waals surface area contributed by atoms with Gasteiger partial charge < -0.3 is 5.32 Å². The normalized spacial score (nSPS) is 12.7. The molecule has 1 atom stereocenters. The average molecular weight is 383 g/mol. The Morgan fingerprint density at radius 3 is 2.63 bits per heavy atom. The maximum Gasteiger partial charge on any atom is 0.127 e. The fourth-order valence-corrected chi connectivity index (χ4v) is 3.91. The summed E-state index contributed by atoms with van der Waals surface area (Å²) in [7, 11) is 1.83. The first-order valence-electron chi connectivity index (χ1n) is 5.57. The summed E-state index contributed by atoms with van der Waals surface area (Å²) in [4.78, 5) is 1.04. The van der Waals surface area contributed by atoms with Crippen LogP contribution < -0.4 is 5.32 Å². The maximum absolute atomic E-state index is 13.8. The van der Waals surface area contributed by atoms with Gasteiger partial charge >= 0.3 is 0 Å². The van der Waals surface area contributed by atoms with Crippen molar-refractivity contribution in [3.05, 3.63) is 54.4 Å². The summed E-state index contributed by atoms with van der Waals surface area (Å²) in [6.07, 6.45) is 0.477. The van der Waals surface area contributed by atoms with Crippen LogP contribution in [0.4, 0.5) is 4.39 Å². The highest BCUT2D eigenvalue weighted by atomic mass is 79.9. The van der Waals surface area contributed by atoms with Gasteiger partial charge in [-0.3, -0.25) is 0 Å². The van der Waals surface area contributed by atoms with Crippen molar-refractivity contribution in [2.45, 2.75) is 12.5 Å². The van der Waals surface area contributed by atoms with Crippen LogP contribution in [0.25, 0.3) is 0 Å². The van der Waals surface area contributed by atoms with Crippen LogP contribution in [0.2, 0.25) is 10.0 Å². The van der Waals surface area contributed by atoms with Crippen LogP contribution in [-0.4, -0.2) is 7.05 Å². The minimum Gasteiger partial charge on any atom is -0.312 e. The zero-order chi connectivity index (χ0) is 14.0. The molecule has 0 radical (unpaired) electrons. The van der Waals surface area contributed by atoms with Gasteiger partial charge in [0.05, 0.1) is 8.81 Å². The quantitative estimate of drug-likeness (QED) is 0.740. The molecule has 0 saturated carbocycles. The molecule has 1 aromatic carbocycles. The first-order valence-corrected chi connectivity index (χ1v) is 7.94. The van der Waals surface area contributed by atoms with Crippen molar-refractivity contribution in [1.29, 1.82) is 0 Å². The highest BCUT2D eigenvalue weighted by Crippen LogP contribution is 2.37. The number of hydrogen-bond donors (Lipinski definition) is 1. The van der Waals surface area contributed by atoms with Crippen molar-refractivity contribution in [2.24, 2.45) is 0 Å². The summed E-state index contributed by atoms with van der Waals surface area (Å²) in [5.41, 5.74) is 0.518. The van der Waals surface area contributed by atoms with E-state index in [0.29, 0.717) is 22.0 Å². The van der Waals surface area contributed by atoms with E-state index in [0.717, 1.165) is 8.66 Å². The fourth-order valence-electron chi connectivity index (χ4n) is 1.81. The molecule has 6 heteroatoms. The number of halogens is 4. The lowest BCUT2D eigenvalue weighted by Gasteiger charge is -2.16. The third-order valence-corrected chi connectivity index (χ3v) is 5.77. The third kappa shape index (κ3) is 3.50. The van der Waals surface area contributed by atoms with Gasteiger partial charge in [-0.1, -0.05) is 29.3 Å². The number of hydrogen-bond acceptors (Lipinski definition) is 2. The second-order valence-corrected chi connectivity index (χ2v) is 7.23. The molecule has 19 heavy (non-hydrogen) atoms. The molecule has 1 unspecified atom stereocenters. The predicted octanol–water partition coefficient (Wildman–Crippen LogP) is 5.46. The minimum atomic E-state index is -0.283. The summed E-state index contributed by atoms with van der Waals surface area (Å²) in [5.74, 6) is -0.283. The van der Waals surface area contributed by atoms with Crippen molar-refractivity contribution in [3.8, 4) is 0 Å². The Morgan fingerprint density at radius 1 is 1.37 bits per heavy atom. The smallest absolute Gasteiger partial charge is 0.127 e. The van der Waals surface area contributed by atoms with Gasteiger partial charge in [-0.2, -0.15) is 0 Å². The molecule has 1 nitrogen and oxygen atoms in total. The number of rotatable bonds is 4. The van der Waals surface area contributed by atoms with Crippen molar-refractivity contribution in [2.75, 3.05) is 7.05 Å². The lowest BCUT2D eigenvalue weighted by Crippen LogP contribution is -2.18. The van der Waals surface area contributed by atoms with E-state index in [-0.39, 0.29) is 11.9 Å². The van der Waals surface area contributed by atoms with Gasteiger partial charge in [0.25, 0.3) is 0 Å². The second kappa shape index (κ2) is 6.55. The van der Waals surface area contributed by atoms with Crippen molar-refractivity contribution in [3.63, 3.8) is 0 Å². The molecule has 102 valence electrons. The molecule has 2 rings (SSSR count). The lowest BCUT2D eigenvalue weighted by molar-refractivity contribution is 0.560. The van der Waals surface area contributed by atoms with Crippen molar-refractivity contribution >= 4 is 50.5 Å². The molecule has 0 fully saturated rings. The molecule has 0 bridgehead atoms. The van der Waals surface area contributed by atoms with Crippen molar-refractivity contribution < 1.29 is 4.39 Å². The predicted molar refractivity (Wildman–Crippen MR) is 83.9 cm³/mol. The van der Waals surface area contributed by atoms with Gasteiger partial charge in [0, 0.05) is 21.5 Å². The van der Waals surface area contributed by atoms with Crippen LogP contribution in [0.1, 0.15) is 16.5 Å². The second-order valence-electron chi connectivity index (χ2n) is 4.02. The zero-order valence-corrected chi connectivity index (χ0v) is 13.9.